The second-order valence-corrected chi connectivity index (χ2v) is 18.1. The monoisotopic (exact) mass is 1060 g/mol. The van der Waals surface area contributed by atoms with Crippen LogP contribution in [0.2, 0.25) is 10.0 Å². The van der Waals surface area contributed by atoms with Crippen molar-refractivity contribution in [2.24, 2.45) is 20.5 Å². The number of Topliss-reactive ketones (excluding diaryl/α,β-unsaturated/α-hetero) is 2. The van der Waals surface area contributed by atoms with Crippen molar-refractivity contribution in [2.45, 2.75) is 70.8 Å². The molecular weight excluding hydrogens is 1020 g/mol. The Morgan fingerprint density at radius 3 is 1.39 bits per heavy atom. The van der Waals surface area contributed by atoms with Crippen LogP contribution in [0.1, 0.15) is 89.7 Å². The number of azo groups is 2. The first-order valence-corrected chi connectivity index (χ1v) is 24.2. The van der Waals surface area contributed by atoms with Crippen molar-refractivity contribution in [3.05, 3.63) is 129 Å². The third-order valence-electron chi connectivity index (χ3n) is 10.2. The molecule has 0 aliphatic carbocycles. The summed E-state index contributed by atoms with van der Waals surface area (Å²) >= 11 is 31.6. The lowest BCUT2D eigenvalue weighted by Gasteiger charge is -2.16. The maximum absolute atomic E-state index is 13.6. The van der Waals surface area contributed by atoms with Crippen LogP contribution in [-0.4, -0.2) is 66.4 Å². The van der Waals surface area contributed by atoms with E-state index < -0.39 is 58.0 Å². The lowest BCUT2D eigenvalue weighted by atomic mass is 10.1. The van der Waals surface area contributed by atoms with Crippen molar-refractivity contribution < 1.29 is 38.2 Å². The zero-order chi connectivity index (χ0) is 51.9. The standard InChI is InChI=1S/C50H49Cl5N8O8/c1-7-70-43-17-12-34(24-36(43)26(3)52)56-47(66)31-9-14-38(54)41(22-31)60-62-45(28(5)64)49(68)58-33-11-16-40(30(21-33)19-20-51)59-50(69)46(29(6)65)63-61-42-23-32(10-15-39(42)55)48(67)57-35-13-18-44(71-8-2)37(25-35)27(4)53/h9-18,21-27,45-46H,7-8,19-20H2,1-6H3,(H,56,66)(H,57,67)(H,58,68)(H,59,69). The Hall–Kier alpha value is -6.43. The Labute approximate surface area is 435 Å². The second-order valence-electron chi connectivity index (χ2n) is 15.6. The van der Waals surface area contributed by atoms with Gasteiger partial charge in [-0.2, -0.15) is 20.5 Å². The lowest BCUT2D eigenvalue weighted by Crippen LogP contribution is -2.32. The number of ether oxygens (including phenoxy) is 2. The van der Waals surface area contributed by atoms with E-state index in [1.165, 1.54) is 54.6 Å². The number of benzene rings is 5. The Bertz CT molecular complexity index is 2880. The van der Waals surface area contributed by atoms with E-state index in [-0.39, 0.29) is 56.2 Å². The second kappa shape index (κ2) is 26.1. The molecule has 16 nitrogen and oxygen atoms in total. The molecule has 4 atom stereocenters. The predicted octanol–water partition coefficient (Wildman–Crippen LogP) is 13.0. The summed E-state index contributed by atoms with van der Waals surface area (Å²) in [5, 5.41) is 26.5. The zero-order valence-electron chi connectivity index (χ0n) is 39.2. The van der Waals surface area contributed by atoms with Crippen LogP contribution in [0, 0.1) is 0 Å². The van der Waals surface area contributed by atoms with Gasteiger partial charge in [0.05, 0.1) is 34.0 Å². The number of carbonyl (C=O) groups is 6. The van der Waals surface area contributed by atoms with Crippen molar-refractivity contribution in [3.8, 4) is 11.5 Å². The molecule has 372 valence electrons. The molecule has 5 aromatic rings. The van der Waals surface area contributed by atoms with Crippen LogP contribution in [0.4, 0.5) is 34.1 Å². The Morgan fingerprint density at radius 1 is 0.563 bits per heavy atom. The number of ketones is 2. The average molecular weight is 1070 g/mol. The molecule has 0 spiro atoms. The number of nitrogens with one attached hydrogen (secondary N) is 4. The van der Waals surface area contributed by atoms with Crippen LogP contribution in [0.3, 0.4) is 0 Å². The maximum Gasteiger partial charge on any atom is 0.258 e. The van der Waals surface area contributed by atoms with E-state index in [2.05, 4.69) is 41.7 Å². The van der Waals surface area contributed by atoms with Crippen molar-refractivity contribution in [2.75, 3.05) is 40.4 Å². The predicted molar refractivity (Wildman–Crippen MR) is 279 cm³/mol. The van der Waals surface area contributed by atoms with E-state index in [1.807, 2.05) is 13.8 Å². The quantitative estimate of drug-likeness (QED) is 0.0296. The van der Waals surface area contributed by atoms with Gasteiger partial charge in [0.15, 0.2) is 11.6 Å². The minimum absolute atomic E-state index is 0.0167. The van der Waals surface area contributed by atoms with Gasteiger partial charge in [0.2, 0.25) is 12.1 Å². The Kier molecular flexibility index (Phi) is 20.4. The molecular formula is C50H49Cl5N8O8. The Balaban J connectivity index is 1.27. The first kappa shape index (κ1) is 55.5. The molecule has 0 saturated heterocycles. The van der Waals surface area contributed by atoms with Crippen LogP contribution in [0.15, 0.2) is 111 Å². The summed E-state index contributed by atoms with van der Waals surface area (Å²) < 4.78 is 11.3. The van der Waals surface area contributed by atoms with E-state index >= 15 is 0 Å². The van der Waals surface area contributed by atoms with Gasteiger partial charge >= 0.3 is 0 Å². The van der Waals surface area contributed by atoms with Gasteiger partial charge < -0.3 is 30.7 Å². The molecule has 4 unspecified atom stereocenters. The molecule has 0 bridgehead atoms. The number of hydrogen-bond acceptors (Lipinski definition) is 12. The summed E-state index contributed by atoms with van der Waals surface area (Å²) in [6, 6.07) is 19.9. The van der Waals surface area contributed by atoms with Gasteiger partial charge in [-0.3, -0.25) is 28.8 Å². The molecule has 71 heavy (non-hydrogen) atoms. The Morgan fingerprint density at radius 2 is 0.986 bits per heavy atom. The van der Waals surface area contributed by atoms with Gasteiger partial charge in [-0.05, 0) is 145 Å². The number of aryl methyl sites for hydroxylation is 1. The fourth-order valence-electron chi connectivity index (χ4n) is 6.71. The molecule has 5 rings (SSSR count). The first-order chi connectivity index (χ1) is 33.8. The number of nitrogens with zero attached hydrogens (tertiary/aromatic N) is 4. The number of amides is 4. The van der Waals surface area contributed by atoms with Crippen LogP contribution in [0.5, 0.6) is 11.5 Å². The van der Waals surface area contributed by atoms with Gasteiger partial charge in [0, 0.05) is 50.9 Å². The maximum atomic E-state index is 13.6. The molecule has 0 aliphatic heterocycles. The van der Waals surface area contributed by atoms with Gasteiger partial charge in [0.25, 0.3) is 23.6 Å². The first-order valence-electron chi connectivity index (χ1n) is 22.0. The number of rotatable bonds is 22. The van der Waals surface area contributed by atoms with Crippen LogP contribution >= 0.6 is 58.0 Å². The van der Waals surface area contributed by atoms with Crippen molar-refractivity contribution in [3.63, 3.8) is 0 Å². The topological polar surface area (TPSA) is 218 Å². The number of alkyl halides is 3. The molecule has 0 aromatic heterocycles. The van der Waals surface area contributed by atoms with E-state index in [0.717, 1.165) is 13.8 Å². The molecule has 0 heterocycles. The molecule has 21 heteroatoms. The van der Waals surface area contributed by atoms with Crippen LogP contribution < -0.4 is 30.7 Å². The van der Waals surface area contributed by atoms with E-state index in [1.54, 1.807) is 50.2 Å². The lowest BCUT2D eigenvalue weighted by molar-refractivity contribution is -0.127. The highest BCUT2D eigenvalue weighted by atomic mass is 35.5. The third kappa shape index (κ3) is 15.3. The summed E-state index contributed by atoms with van der Waals surface area (Å²) in [7, 11) is 0. The summed E-state index contributed by atoms with van der Waals surface area (Å²) in [6.45, 7) is 10.5. The minimum Gasteiger partial charge on any atom is -0.494 e. The highest BCUT2D eigenvalue weighted by Crippen LogP contribution is 2.35. The van der Waals surface area contributed by atoms with Crippen LogP contribution in [-0.2, 0) is 25.6 Å². The molecule has 0 fully saturated rings. The number of hydrogen-bond donors (Lipinski definition) is 4. The summed E-state index contributed by atoms with van der Waals surface area (Å²) in [6.07, 6.45) is 0.199. The normalized spacial score (nSPS) is 12.9. The van der Waals surface area contributed by atoms with Gasteiger partial charge in [-0.15, -0.1) is 34.8 Å². The average Bonchev–Trinajstić information content (AvgIpc) is 3.31. The fraction of sp³-hybridized carbons (Fsp3) is 0.280. The smallest absolute Gasteiger partial charge is 0.258 e. The largest absolute Gasteiger partial charge is 0.494 e. The number of halogens is 5. The van der Waals surface area contributed by atoms with Crippen molar-refractivity contribution in [1.29, 1.82) is 0 Å². The van der Waals surface area contributed by atoms with E-state index in [0.29, 0.717) is 52.8 Å². The summed E-state index contributed by atoms with van der Waals surface area (Å²) in [4.78, 5) is 79.1. The molecule has 0 aliphatic rings. The number of carbonyl (C=O) groups excluding carboxylic acids is 6. The van der Waals surface area contributed by atoms with Gasteiger partial charge in [0.1, 0.15) is 22.9 Å². The van der Waals surface area contributed by atoms with Crippen LogP contribution in [0.25, 0.3) is 0 Å². The zero-order valence-corrected chi connectivity index (χ0v) is 43.0. The van der Waals surface area contributed by atoms with E-state index in [4.69, 9.17) is 67.5 Å². The van der Waals surface area contributed by atoms with Crippen molar-refractivity contribution in [1.82, 2.24) is 0 Å². The number of anilines is 4. The summed E-state index contributed by atoms with van der Waals surface area (Å²) in [5.74, 6) is -2.71. The molecule has 4 amide bonds. The van der Waals surface area contributed by atoms with Gasteiger partial charge in [-0.25, -0.2) is 0 Å². The van der Waals surface area contributed by atoms with E-state index in [9.17, 15) is 28.8 Å². The molecule has 4 N–H and O–H groups in total. The molecule has 5 aromatic carbocycles. The molecule has 0 saturated carbocycles. The van der Waals surface area contributed by atoms with Crippen molar-refractivity contribution >= 4 is 127 Å². The SMILES string of the molecule is CCOc1ccc(NC(=O)c2ccc(Cl)c(N=NC(C(C)=O)C(=O)Nc3ccc(NC(=O)C(N=Nc4cc(C(=O)Nc5ccc(OCC)c(C(C)Cl)c5)ccc4Cl)C(C)=O)c(CCCl)c3)c2)cc1C(C)Cl. The third-order valence-corrected chi connectivity index (χ3v) is 11.5. The highest BCUT2D eigenvalue weighted by molar-refractivity contribution is 6.33. The molecule has 0 radical (unpaired) electrons. The fourth-order valence-corrected chi connectivity index (χ4v) is 7.56. The van der Waals surface area contributed by atoms with Gasteiger partial charge in [-0.1, -0.05) is 23.2 Å². The summed E-state index contributed by atoms with van der Waals surface area (Å²) in [5.41, 5.74) is 3.57. The minimum atomic E-state index is -1.64. The highest BCUT2D eigenvalue weighted by Gasteiger charge is 2.27.